The van der Waals surface area contributed by atoms with Crippen molar-refractivity contribution in [2.45, 2.75) is 6.54 Å². The highest BCUT2D eigenvalue weighted by atomic mass is 35.5. The van der Waals surface area contributed by atoms with Gasteiger partial charge in [-0.2, -0.15) is 0 Å². The Morgan fingerprint density at radius 2 is 2.20 bits per heavy atom. The Bertz CT molecular complexity index is 776. The molecule has 102 valence electrons. The Labute approximate surface area is 119 Å². The van der Waals surface area contributed by atoms with Crippen LogP contribution in [-0.2, 0) is 6.54 Å². The van der Waals surface area contributed by atoms with Gasteiger partial charge in [0.2, 0.25) is 0 Å². The molecule has 0 atom stereocenters. The van der Waals surface area contributed by atoms with E-state index < -0.39 is 0 Å². The molecule has 20 heavy (non-hydrogen) atoms. The minimum absolute atomic E-state index is 0.378. The van der Waals surface area contributed by atoms with E-state index in [-0.39, 0.29) is 5.91 Å². The molecule has 2 aromatic heterocycles. The predicted molar refractivity (Wildman–Crippen MR) is 76.4 cm³/mol. The number of hydrazine groups is 1. The molecule has 6 heteroatoms. The average molecular weight is 290 g/mol. The van der Waals surface area contributed by atoms with Gasteiger partial charge in [-0.05, 0) is 18.2 Å². The average Bonchev–Trinajstić information content (AvgIpc) is 3.07. The summed E-state index contributed by atoms with van der Waals surface area (Å²) in [5, 5.41) is 1.69. The van der Waals surface area contributed by atoms with Crippen molar-refractivity contribution in [1.29, 1.82) is 0 Å². The molecule has 0 radical (unpaired) electrons. The second kappa shape index (κ2) is 5.03. The van der Waals surface area contributed by atoms with Gasteiger partial charge < -0.3 is 8.98 Å². The maximum absolute atomic E-state index is 11.6. The fourth-order valence-corrected chi connectivity index (χ4v) is 2.53. The van der Waals surface area contributed by atoms with Gasteiger partial charge in [-0.25, -0.2) is 5.84 Å². The second-order valence-electron chi connectivity index (χ2n) is 4.35. The van der Waals surface area contributed by atoms with E-state index in [2.05, 4.69) is 5.43 Å². The third-order valence-corrected chi connectivity index (χ3v) is 3.48. The van der Waals surface area contributed by atoms with E-state index in [1.54, 1.807) is 6.07 Å². The van der Waals surface area contributed by atoms with Crippen molar-refractivity contribution >= 4 is 28.4 Å². The Morgan fingerprint density at radius 3 is 3.00 bits per heavy atom. The van der Waals surface area contributed by atoms with E-state index in [4.69, 9.17) is 21.9 Å². The summed E-state index contributed by atoms with van der Waals surface area (Å²) in [5.41, 5.74) is 3.43. The first kappa shape index (κ1) is 12.8. The third kappa shape index (κ3) is 2.07. The maximum atomic E-state index is 11.6. The van der Waals surface area contributed by atoms with E-state index in [1.807, 2.05) is 35.0 Å². The number of fused-ring (bicyclic) bond motifs is 1. The molecule has 0 saturated heterocycles. The van der Waals surface area contributed by atoms with Crippen LogP contribution in [0, 0.1) is 0 Å². The number of benzene rings is 1. The van der Waals surface area contributed by atoms with Gasteiger partial charge in [0.05, 0.1) is 28.9 Å². The molecule has 3 aromatic rings. The molecule has 3 N–H and O–H groups in total. The van der Waals surface area contributed by atoms with Crippen molar-refractivity contribution in [1.82, 2.24) is 9.99 Å². The van der Waals surface area contributed by atoms with Gasteiger partial charge in [0, 0.05) is 11.6 Å². The predicted octanol–water partition coefficient (Wildman–Crippen LogP) is 2.54. The van der Waals surface area contributed by atoms with E-state index >= 15 is 0 Å². The second-order valence-corrected chi connectivity index (χ2v) is 4.76. The molecule has 0 aliphatic carbocycles. The number of furan rings is 1. The van der Waals surface area contributed by atoms with Crippen molar-refractivity contribution in [3.63, 3.8) is 0 Å². The van der Waals surface area contributed by atoms with Crippen molar-refractivity contribution in [3.05, 3.63) is 59.1 Å². The van der Waals surface area contributed by atoms with Gasteiger partial charge in [-0.1, -0.05) is 23.7 Å². The van der Waals surface area contributed by atoms with Gasteiger partial charge >= 0.3 is 0 Å². The standard InChI is InChI=1S/C14H12ClN3O2/c15-11-3-1-2-9-4-6-18(13(9)11)8-12-10(5-7-20-12)14(19)17-16/h1-7H,8,16H2,(H,17,19). The first-order chi connectivity index (χ1) is 9.70. The Morgan fingerprint density at radius 1 is 1.35 bits per heavy atom. The number of halogens is 1. The summed E-state index contributed by atoms with van der Waals surface area (Å²) >= 11 is 6.22. The summed E-state index contributed by atoms with van der Waals surface area (Å²) in [6.07, 6.45) is 3.37. The quantitative estimate of drug-likeness (QED) is 0.442. The number of nitrogen functional groups attached to an aromatic ring is 1. The number of amides is 1. The SMILES string of the molecule is NNC(=O)c1ccoc1Cn1ccc2cccc(Cl)c21. The van der Waals surface area contributed by atoms with E-state index in [0.29, 0.717) is 22.9 Å². The van der Waals surface area contributed by atoms with Crippen LogP contribution in [0.25, 0.3) is 10.9 Å². The minimum Gasteiger partial charge on any atom is -0.467 e. The summed E-state index contributed by atoms with van der Waals surface area (Å²) in [6.45, 7) is 0.406. The normalized spacial score (nSPS) is 10.9. The lowest BCUT2D eigenvalue weighted by atomic mass is 10.2. The summed E-state index contributed by atoms with van der Waals surface area (Å²) in [5.74, 6) is 5.31. The van der Waals surface area contributed by atoms with Crippen molar-refractivity contribution < 1.29 is 9.21 Å². The molecule has 0 aliphatic heterocycles. The molecule has 0 unspecified atom stereocenters. The first-order valence-corrected chi connectivity index (χ1v) is 6.39. The number of carbonyl (C=O) groups is 1. The first-order valence-electron chi connectivity index (χ1n) is 6.01. The molecule has 0 saturated carbocycles. The van der Waals surface area contributed by atoms with Crippen LogP contribution in [0.2, 0.25) is 5.02 Å². The van der Waals surface area contributed by atoms with E-state index in [0.717, 1.165) is 10.9 Å². The van der Waals surface area contributed by atoms with Crippen LogP contribution >= 0.6 is 11.6 Å². The number of carbonyl (C=O) groups excluding carboxylic acids is 1. The lowest BCUT2D eigenvalue weighted by molar-refractivity contribution is 0.0951. The van der Waals surface area contributed by atoms with Gasteiger partial charge in [0.15, 0.2) is 0 Å². The van der Waals surface area contributed by atoms with Crippen LogP contribution < -0.4 is 11.3 Å². The number of hydrogen-bond acceptors (Lipinski definition) is 3. The molecule has 2 heterocycles. The van der Waals surface area contributed by atoms with Crippen molar-refractivity contribution in [2.75, 3.05) is 0 Å². The Balaban J connectivity index is 2.02. The highest BCUT2D eigenvalue weighted by Crippen LogP contribution is 2.25. The summed E-state index contributed by atoms with van der Waals surface area (Å²) in [6, 6.07) is 9.26. The molecule has 0 spiro atoms. The van der Waals surface area contributed by atoms with Gasteiger partial charge in [-0.15, -0.1) is 0 Å². The van der Waals surface area contributed by atoms with Gasteiger partial charge in [0.25, 0.3) is 5.91 Å². The maximum Gasteiger partial charge on any atom is 0.268 e. The van der Waals surface area contributed by atoms with Crippen LogP contribution in [0.15, 0.2) is 47.2 Å². The topological polar surface area (TPSA) is 73.2 Å². The van der Waals surface area contributed by atoms with Crippen molar-refractivity contribution in [2.24, 2.45) is 5.84 Å². The molecule has 1 aromatic carbocycles. The Hall–Kier alpha value is -2.24. The molecule has 0 fully saturated rings. The van der Waals surface area contributed by atoms with Crippen molar-refractivity contribution in [3.8, 4) is 0 Å². The van der Waals surface area contributed by atoms with Gasteiger partial charge in [-0.3, -0.25) is 10.2 Å². The van der Waals surface area contributed by atoms with Gasteiger partial charge in [0.1, 0.15) is 5.76 Å². The Kier molecular flexibility index (Phi) is 3.22. The lowest BCUT2D eigenvalue weighted by Gasteiger charge is -2.06. The van der Waals surface area contributed by atoms with Crippen LogP contribution in [0.4, 0.5) is 0 Å². The number of rotatable bonds is 3. The fraction of sp³-hybridized carbons (Fsp3) is 0.0714. The molecule has 5 nitrogen and oxygen atoms in total. The zero-order valence-electron chi connectivity index (χ0n) is 10.5. The molecular weight excluding hydrogens is 278 g/mol. The highest BCUT2D eigenvalue weighted by molar-refractivity contribution is 6.35. The monoisotopic (exact) mass is 289 g/mol. The molecule has 0 aliphatic rings. The molecular formula is C14H12ClN3O2. The largest absolute Gasteiger partial charge is 0.467 e. The highest BCUT2D eigenvalue weighted by Gasteiger charge is 2.15. The lowest BCUT2D eigenvalue weighted by Crippen LogP contribution is -2.30. The zero-order valence-corrected chi connectivity index (χ0v) is 11.2. The number of nitrogens with two attached hydrogens (primary N) is 1. The smallest absolute Gasteiger partial charge is 0.268 e. The van der Waals surface area contributed by atoms with Crippen LogP contribution in [0.3, 0.4) is 0 Å². The number of nitrogens with zero attached hydrogens (tertiary/aromatic N) is 1. The molecule has 3 rings (SSSR count). The van der Waals surface area contributed by atoms with E-state index in [1.165, 1.54) is 6.26 Å². The van der Waals surface area contributed by atoms with Crippen LogP contribution in [-0.4, -0.2) is 10.5 Å². The van der Waals surface area contributed by atoms with Crippen LogP contribution in [0.1, 0.15) is 16.1 Å². The van der Waals surface area contributed by atoms with E-state index in [9.17, 15) is 4.79 Å². The summed E-state index contributed by atoms with van der Waals surface area (Å²) in [4.78, 5) is 11.6. The number of para-hydroxylation sites is 1. The third-order valence-electron chi connectivity index (χ3n) is 3.17. The number of nitrogens with one attached hydrogen (secondary N) is 1. The number of hydrogen-bond donors (Lipinski definition) is 2. The zero-order chi connectivity index (χ0) is 14.1. The summed E-state index contributed by atoms with van der Waals surface area (Å²) < 4.78 is 7.30. The fourth-order valence-electron chi connectivity index (χ4n) is 2.24. The molecule has 0 bridgehead atoms. The summed E-state index contributed by atoms with van der Waals surface area (Å²) in [7, 11) is 0. The molecule has 1 amide bonds. The minimum atomic E-state index is -0.378. The van der Waals surface area contributed by atoms with Crippen LogP contribution in [0.5, 0.6) is 0 Å². The number of aromatic nitrogens is 1.